The predicted octanol–water partition coefficient (Wildman–Crippen LogP) is 3.41. The van der Waals surface area contributed by atoms with E-state index in [1.165, 1.54) is 0 Å². The van der Waals surface area contributed by atoms with Crippen LogP contribution in [0.1, 0.15) is 41.5 Å². The zero-order valence-electron chi connectivity index (χ0n) is 17.5. The summed E-state index contributed by atoms with van der Waals surface area (Å²) in [6.45, 7) is 15.4. The maximum absolute atomic E-state index is 5.89. The lowest BCUT2D eigenvalue weighted by Crippen LogP contribution is -2.56. The monoisotopic (exact) mass is 438 g/mol. The fourth-order valence-electron chi connectivity index (χ4n) is 2.15. The van der Waals surface area contributed by atoms with E-state index >= 15 is 0 Å². The summed E-state index contributed by atoms with van der Waals surface area (Å²) in [4.78, 5) is 0. The maximum atomic E-state index is 5.89. The molecular formula is C18H35ClO6Si2. The first-order valence-electron chi connectivity index (χ1n) is 9.55. The molecule has 0 N–H and O–H groups in total. The van der Waals surface area contributed by atoms with Crippen LogP contribution in [0.15, 0.2) is 24.3 Å². The Bertz CT molecular complexity index is 432. The van der Waals surface area contributed by atoms with Gasteiger partial charge in [-0.25, -0.2) is 0 Å². The smallest absolute Gasteiger partial charge is 0.376 e. The van der Waals surface area contributed by atoms with Crippen LogP contribution in [0.4, 0.5) is 0 Å². The molecule has 1 rings (SSSR count). The minimum Gasteiger partial charge on any atom is -0.376 e. The highest BCUT2D eigenvalue weighted by molar-refractivity contribution is 6.75. The van der Waals surface area contributed by atoms with Crippen molar-refractivity contribution in [3.05, 3.63) is 29.3 Å². The van der Waals surface area contributed by atoms with E-state index in [0.29, 0.717) is 44.7 Å². The van der Waals surface area contributed by atoms with E-state index in [9.17, 15) is 0 Å². The van der Waals surface area contributed by atoms with Crippen molar-refractivity contribution in [1.82, 2.24) is 0 Å². The average molecular weight is 439 g/mol. The third-order valence-corrected chi connectivity index (χ3v) is 8.22. The highest BCUT2D eigenvalue weighted by Gasteiger charge is 2.43. The van der Waals surface area contributed by atoms with E-state index in [2.05, 4.69) is 0 Å². The first-order chi connectivity index (χ1) is 13.0. The molecule has 0 aliphatic carbocycles. The van der Waals surface area contributed by atoms with Crippen molar-refractivity contribution in [3.63, 3.8) is 0 Å². The van der Waals surface area contributed by atoms with E-state index in [-0.39, 0.29) is 0 Å². The molecule has 0 amide bonds. The van der Waals surface area contributed by atoms with Gasteiger partial charge in [-0.1, -0.05) is 23.7 Å². The van der Waals surface area contributed by atoms with Crippen LogP contribution < -0.4 is 5.19 Å². The van der Waals surface area contributed by atoms with Crippen LogP contribution in [0.3, 0.4) is 0 Å². The van der Waals surface area contributed by atoms with E-state index < -0.39 is 18.3 Å². The third kappa shape index (κ3) is 10.7. The summed E-state index contributed by atoms with van der Waals surface area (Å²) >= 11 is 5.89. The van der Waals surface area contributed by atoms with Crippen molar-refractivity contribution in [2.24, 2.45) is 0 Å². The third-order valence-electron chi connectivity index (χ3n) is 3.11. The molecule has 0 heterocycles. The minimum atomic E-state index is -2.75. The van der Waals surface area contributed by atoms with Crippen LogP contribution in [0.25, 0.3) is 0 Å². The van der Waals surface area contributed by atoms with Gasteiger partial charge in [0.05, 0.1) is 0 Å². The van der Waals surface area contributed by atoms with Gasteiger partial charge in [-0.15, -0.1) is 0 Å². The van der Waals surface area contributed by atoms with Crippen molar-refractivity contribution in [3.8, 4) is 0 Å². The highest BCUT2D eigenvalue weighted by Crippen LogP contribution is 2.13. The molecule has 0 atom stereocenters. The van der Waals surface area contributed by atoms with Gasteiger partial charge < -0.3 is 26.6 Å². The van der Waals surface area contributed by atoms with Crippen LogP contribution in [0.2, 0.25) is 5.02 Å². The minimum absolute atomic E-state index is 0.564. The first-order valence-corrected chi connectivity index (χ1v) is 13.1. The van der Waals surface area contributed by atoms with Gasteiger partial charge in [0.15, 0.2) is 0 Å². The van der Waals surface area contributed by atoms with Gasteiger partial charge >= 0.3 is 18.3 Å². The lowest BCUT2D eigenvalue weighted by atomic mass is 10.4. The van der Waals surface area contributed by atoms with Gasteiger partial charge in [-0.05, 0) is 53.7 Å². The molecule has 0 saturated carbocycles. The van der Waals surface area contributed by atoms with Crippen LogP contribution in [-0.4, -0.2) is 58.0 Å². The number of hydrogen-bond donors (Lipinski definition) is 0. The molecule has 158 valence electrons. The largest absolute Gasteiger partial charge is 0.537 e. The fraction of sp³-hybridized carbons (Fsp3) is 0.667. The van der Waals surface area contributed by atoms with E-state index in [1.54, 1.807) is 0 Å². The van der Waals surface area contributed by atoms with Crippen molar-refractivity contribution in [2.75, 3.05) is 39.6 Å². The van der Waals surface area contributed by atoms with Crippen molar-refractivity contribution < 1.29 is 26.6 Å². The zero-order valence-corrected chi connectivity index (χ0v) is 20.4. The normalized spacial score (nSPS) is 11.4. The number of benzene rings is 1. The Kier molecular flexibility index (Phi) is 16.5. The summed E-state index contributed by atoms with van der Waals surface area (Å²) in [7, 11) is -4.49. The topological polar surface area (TPSA) is 55.4 Å². The second-order valence-corrected chi connectivity index (χ2v) is 9.59. The van der Waals surface area contributed by atoms with E-state index in [1.807, 2.05) is 65.8 Å². The molecule has 1 aromatic carbocycles. The summed E-state index contributed by atoms with van der Waals surface area (Å²) in [6, 6.07) is 7.48. The van der Waals surface area contributed by atoms with Gasteiger partial charge in [-0.3, -0.25) is 0 Å². The van der Waals surface area contributed by atoms with Gasteiger partial charge in [0.1, 0.15) is 0 Å². The van der Waals surface area contributed by atoms with Crippen molar-refractivity contribution in [2.45, 2.75) is 41.5 Å². The predicted molar refractivity (Wildman–Crippen MR) is 114 cm³/mol. The molecule has 0 radical (unpaired) electrons. The van der Waals surface area contributed by atoms with Crippen LogP contribution in [0.5, 0.6) is 0 Å². The lowest BCUT2D eigenvalue weighted by molar-refractivity contribution is 0.0859. The summed E-state index contributed by atoms with van der Waals surface area (Å²) in [5.74, 6) is 0. The molecule has 9 heteroatoms. The van der Waals surface area contributed by atoms with Crippen LogP contribution >= 0.6 is 11.6 Å². The van der Waals surface area contributed by atoms with Gasteiger partial charge in [0, 0.05) is 49.9 Å². The molecule has 0 fully saturated rings. The summed E-state index contributed by atoms with van der Waals surface area (Å²) < 4.78 is 33.0. The summed E-state index contributed by atoms with van der Waals surface area (Å²) in [6.07, 6.45) is 0. The maximum Gasteiger partial charge on any atom is 0.537 e. The standard InChI is InChI=1S/C12H19ClO3Si.C6H16O3Si/c1-4-14-17(15-5-2,16-6-3)12-9-7-11(13)8-10-12;1-4-7-10(8-5-2)9-6-3/h7-10H,4-6H2,1-3H3;10H,4-6H2,1-3H3. The molecule has 0 bridgehead atoms. The van der Waals surface area contributed by atoms with Crippen molar-refractivity contribution in [1.29, 1.82) is 0 Å². The Morgan fingerprint density at radius 2 is 1.04 bits per heavy atom. The van der Waals surface area contributed by atoms with Crippen molar-refractivity contribution >= 4 is 35.1 Å². The second-order valence-electron chi connectivity index (χ2n) is 5.02. The molecule has 1 aromatic rings. The molecule has 0 unspecified atom stereocenters. The fourth-order valence-corrected chi connectivity index (χ4v) is 5.85. The first kappa shape index (κ1) is 26.7. The Morgan fingerprint density at radius 1 is 0.667 bits per heavy atom. The number of hydrogen-bond acceptors (Lipinski definition) is 6. The van der Waals surface area contributed by atoms with E-state index in [0.717, 1.165) is 5.19 Å². The lowest BCUT2D eigenvalue weighted by Gasteiger charge is -2.28. The molecular weight excluding hydrogens is 404 g/mol. The average Bonchev–Trinajstić information content (AvgIpc) is 2.64. The molecule has 0 aliphatic rings. The molecule has 0 saturated heterocycles. The Balaban J connectivity index is 0.000000580. The quantitative estimate of drug-likeness (QED) is 0.440. The van der Waals surface area contributed by atoms with Crippen LogP contribution in [0, 0.1) is 0 Å². The van der Waals surface area contributed by atoms with Gasteiger partial charge in [0.25, 0.3) is 0 Å². The van der Waals surface area contributed by atoms with E-state index in [4.69, 9.17) is 38.2 Å². The van der Waals surface area contributed by atoms with Crippen LogP contribution in [-0.2, 0) is 26.6 Å². The SMILES string of the molecule is CCO[SiH](OCC)OCC.CCO[Si](OCC)(OCC)c1ccc(Cl)cc1. The molecule has 0 aromatic heterocycles. The molecule has 27 heavy (non-hydrogen) atoms. The molecule has 6 nitrogen and oxygen atoms in total. The summed E-state index contributed by atoms with van der Waals surface area (Å²) in [5, 5.41) is 1.65. The molecule has 0 spiro atoms. The van der Waals surface area contributed by atoms with Gasteiger partial charge in [-0.2, -0.15) is 0 Å². The van der Waals surface area contributed by atoms with Gasteiger partial charge in [0.2, 0.25) is 0 Å². The number of rotatable bonds is 13. The Hall–Kier alpha value is -0.296. The Labute approximate surface area is 172 Å². The zero-order chi connectivity index (χ0) is 20.5. The molecule has 0 aliphatic heterocycles. The highest BCUT2D eigenvalue weighted by atomic mass is 35.5. The Morgan fingerprint density at radius 3 is 1.33 bits per heavy atom. The second kappa shape index (κ2) is 16.6. The summed E-state index contributed by atoms with van der Waals surface area (Å²) in [5.41, 5.74) is 0. The number of halogens is 1.